The van der Waals surface area contributed by atoms with Gasteiger partial charge in [0.1, 0.15) is 5.82 Å². The van der Waals surface area contributed by atoms with Crippen molar-refractivity contribution in [3.05, 3.63) is 56.8 Å². The summed E-state index contributed by atoms with van der Waals surface area (Å²) in [5, 5.41) is 0. The third-order valence-electron chi connectivity index (χ3n) is 4.28. The molecule has 0 spiro atoms. The van der Waals surface area contributed by atoms with E-state index in [2.05, 4.69) is 9.97 Å². The molecule has 0 unspecified atom stereocenters. The maximum absolute atomic E-state index is 12.7. The van der Waals surface area contributed by atoms with Crippen LogP contribution in [0.2, 0.25) is 0 Å². The van der Waals surface area contributed by atoms with Gasteiger partial charge in [0.25, 0.3) is 5.56 Å². The number of pyridine rings is 1. The number of likely N-dealkylation sites (N-methyl/N-ethyl adjacent to an activating group) is 1. The van der Waals surface area contributed by atoms with Crippen LogP contribution in [0.4, 0.5) is 0 Å². The molecule has 0 radical (unpaired) electrons. The van der Waals surface area contributed by atoms with Gasteiger partial charge in [-0.2, -0.15) is 0 Å². The van der Waals surface area contributed by atoms with E-state index in [0.717, 1.165) is 22.5 Å². The topological polar surface area (TPSA) is 78.0 Å². The number of aromatic nitrogens is 5. The van der Waals surface area contributed by atoms with Gasteiger partial charge in [-0.15, -0.1) is 0 Å². The predicted molar refractivity (Wildman–Crippen MR) is 95.8 cm³/mol. The fraction of sp³-hybridized carbons (Fsp3) is 0.412. The number of imidazole rings is 1. The van der Waals surface area contributed by atoms with Crippen LogP contribution in [0, 0.1) is 0 Å². The summed E-state index contributed by atoms with van der Waals surface area (Å²) < 4.78 is 4.48. The zero-order valence-electron chi connectivity index (χ0n) is 14.9. The molecule has 3 aromatic rings. The zero-order valence-corrected chi connectivity index (χ0v) is 14.9. The summed E-state index contributed by atoms with van der Waals surface area (Å²) in [6.07, 6.45) is 4.05. The van der Waals surface area contributed by atoms with E-state index in [4.69, 9.17) is 0 Å². The molecule has 0 bridgehead atoms. The molecule has 0 amide bonds. The van der Waals surface area contributed by atoms with E-state index in [0.29, 0.717) is 24.1 Å². The van der Waals surface area contributed by atoms with E-state index in [1.807, 2.05) is 35.7 Å². The Labute approximate surface area is 145 Å². The second kappa shape index (κ2) is 6.64. The Morgan fingerprint density at radius 3 is 2.56 bits per heavy atom. The summed E-state index contributed by atoms with van der Waals surface area (Å²) in [6.45, 7) is 1.38. The first-order valence-electron chi connectivity index (χ1n) is 8.09. The molecule has 25 heavy (non-hydrogen) atoms. The molecule has 3 heterocycles. The molecular weight excluding hydrogens is 320 g/mol. The number of aryl methyl sites for hydroxylation is 1. The second-order valence-corrected chi connectivity index (χ2v) is 6.40. The van der Waals surface area contributed by atoms with Crippen molar-refractivity contribution in [3.63, 3.8) is 0 Å². The molecule has 0 aliphatic carbocycles. The molecule has 8 heteroatoms. The number of hydrogen-bond acceptors (Lipinski definition) is 5. The van der Waals surface area contributed by atoms with Gasteiger partial charge in [0, 0.05) is 46.0 Å². The van der Waals surface area contributed by atoms with Crippen LogP contribution in [0.5, 0.6) is 0 Å². The summed E-state index contributed by atoms with van der Waals surface area (Å²) in [6, 6.07) is 3.84. The molecule has 3 rings (SSSR count). The molecule has 0 aliphatic rings. The maximum Gasteiger partial charge on any atom is 0.332 e. The minimum absolute atomic E-state index is 0.318. The van der Waals surface area contributed by atoms with E-state index < -0.39 is 0 Å². The van der Waals surface area contributed by atoms with Crippen molar-refractivity contribution in [2.45, 2.75) is 13.0 Å². The van der Waals surface area contributed by atoms with Gasteiger partial charge in [0.2, 0.25) is 0 Å². The lowest BCUT2D eigenvalue weighted by molar-refractivity contribution is 0.383. The highest BCUT2D eigenvalue weighted by Crippen LogP contribution is 2.14. The molecule has 0 fully saturated rings. The van der Waals surface area contributed by atoms with Crippen LogP contribution < -0.4 is 11.2 Å². The largest absolute Gasteiger partial charge is 0.332 e. The lowest BCUT2D eigenvalue weighted by Crippen LogP contribution is -2.37. The molecule has 0 saturated heterocycles. The third-order valence-corrected chi connectivity index (χ3v) is 4.28. The van der Waals surface area contributed by atoms with E-state index in [1.165, 1.54) is 11.6 Å². The molecule has 3 aromatic heterocycles. The smallest absolute Gasteiger partial charge is 0.321 e. The third kappa shape index (κ3) is 3.12. The summed E-state index contributed by atoms with van der Waals surface area (Å²) in [5.74, 6) is 0.753. The van der Waals surface area contributed by atoms with Crippen molar-refractivity contribution in [1.29, 1.82) is 0 Å². The quantitative estimate of drug-likeness (QED) is 0.651. The van der Waals surface area contributed by atoms with Gasteiger partial charge >= 0.3 is 5.69 Å². The molecule has 0 N–H and O–H groups in total. The van der Waals surface area contributed by atoms with Crippen LogP contribution >= 0.6 is 0 Å². The Bertz CT molecular complexity index is 1010. The summed E-state index contributed by atoms with van der Waals surface area (Å²) >= 11 is 0. The lowest BCUT2D eigenvalue weighted by atomic mass is 10.2. The second-order valence-electron chi connectivity index (χ2n) is 6.40. The predicted octanol–water partition coefficient (Wildman–Crippen LogP) is -0.0189. The van der Waals surface area contributed by atoms with Crippen molar-refractivity contribution in [3.8, 4) is 0 Å². The number of fused-ring (bicyclic) bond motifs is 1. The monoisotopic (exact) mass is 342 g/mol. The Morgan fingerprint density at radius 2 is 1.92 bits per heavy atom. The van der Waals surface area contributed by atoms with Gasteiger partial charge in [-0.3, -0.25) is 18.9 Å². The van der Waals surface area contributed by atoms with Crippen molar-refractivity contribution in [2.75, 3.05) is 20.6 Å². The Balaban J connectivity index is 2.23. The first-order valence-corrected chi connectivity index (χ1v) is 8.09. The van der Waals surface area contributed by atoms with Gasteiger partial charge in [0.15, 0.2) is 11.2 Å². The van der Waals surface area contributed by atoms with Crippen molar-refractivity contribution in [1.82, 2.24) is 28.6 Å². The fourth-order valence-electron chi connectivity index (χ4n) is 2.85. The van der Waals surface area contributed by atoms with E-state index in [9.17, 15) is 9.59 Å². The highest BCUT2D eigenvalue weighted by molar-refractivity contribution is 5.71. The van der Waals surface area contributed by atoms with Gasteiger partial charge in [-0.1, -0.05) is 6.07 Å². The normalized spacial score (nSPS) is 11.6. The van der Waals surface area contributed by atoms with E-state index in [-0.39, 0.29) is 11.2 Å². The fourth-order valence-corrected chi connectivity index (χ4v) is 2.85. The van der Waals surface area contributed by atoms with Crippen molar-refractivity contribution < 1.29 is 0 Å². The minimum Gasteiger partial charge on any atom is -0.321 e. The van der Waals surface area contributed by atoms with Crippen LogP contribution in [0.1, 0.15) is 11.4 Å². The number of nitrogens with zero attached hydrogens (tertiary/aromatic N) is 6. The molecule has 8 nitrogen and oxygen atoms in total. The minimum atomic E-state index is -0.373. The number of hydrogen-bond donors (Lipinski definition) is 0. The zero-order chi connectivity index (χ0) is 18.1. The standard InChI is InChI=1S/C17H22N6O2/c1-20(2)8-9-23-13(10-12-6-5-7-18-11-12)19-15-14(23)16(24)22(4)17(25)21(15)3/h5-7,11H,8-10H2,1-4H3. The van der Waals surface area contributed by atoms with Crippen LogP contribution in [0.3, 0.4) is 0 Å². The molecule has 0 saturated carbocycles. The van der Waals surface area contributed by atoms with Gasteiger partial charge in [0.05, 0.1) is 0 Å². The van der Waals surface area contributed by atoms with E-state index >= 15 is 0 Å². The Kier molecular flexibility index (Phi) is 4.54. The van der Waals surface area contributed by atoms with Crippen LogP contribution in [0.15, 0.2) is 34.1 Å². The maximum atomic E-state index is 12.7. The SMILES string of the molecule is CN(C)CCn1c(Cc2cccnc2)nc2c1c(=O)n(C)c(=O)n2C. The summed E-state index contributed by atoms with van der Waals surface area (Å²) in [4.78, 5) is 35.7. The summed E-state index contributed by atoms with van der Waals surface area (Å²) in [7, 11) is 7.09. The van der Waals surface area contributed by atoms with Gasteiger partial charge in [-0.05, 0) is 25.7 Å². The van der Waals surface area contributed by atoms with Gasteiger partial charge in [-0.25, -0.2) is 9.78 Å². The first kappa shape index (κ1) is 17.1. The highest BCUT2D eigenvalue weighted by Gasteiger charge is 2.19. The van der Waals surface area contributed by atoms with Crippen molar-refractivity contribution >= 4 is 11.2 Å². The van der Waals surface area contributed by atoms with Crippen LogP contribution in [-0.4, -0.2) is 49.2 Å². The first-order chi connectivity index (χ1) is 11.9. The average molecular weight is 342 g/mol. The van der Waals surface area contributed by atoms with E-state index in [1.54, 1.807) is 19.4 Å². The average Bonchev–Trinajstić information content (AvgIpc) is 2.95. The molecule has 132 valence electrons. The Hall–Kier alpha value is -2.74. The van der Waals surface area contributed by atoms with Crippen LogP contribution in [0.25, 0.3) is 11.2 Å². The van der Waals surface area contributed by atoms with Crippen molar-refractivity contribution in [2.24, 2.45) is 14.1 Å². The van der Waals surface area contributed by atoms with Gasteiger partial charge < -0.3 is 9.47 Å². The lowest BCUT2D eigenvalue weighted by Gasteiger charge is -2.13. The number of rotatable bonds is 5. The molecule has 0 aromatic carbocycles. The Morgan fingerprint density at radius 1 is 1.16 bits per heavy atom. The van der Waals surface area contributed by atoms with Crippen LogP contribution in [-0.2, 0) is 27.1 Å². The molecular formula is C17H22N6O2. The highest BCUT2D eigenvalue weighted by atomic mass is 16.2. The molecule has 0 aliphatic heterocycles. The molecule has 0 atom stereocenters. The summed E-state index contributed by atoms with van der Waals surface area (Å²) in [5.41, 5.74) is 1.20.